The standard InChI is InChI=1S/C18H31N5/c1-2-23-17(14-21-9-3-4-10-21)19-20-18(23)16-7-11-22(12-8-16)13-15-5-6-15/h15-16H,2-14H2,1H3. The maximum atomic E-state index is 4.62. The van der Waals surface area contributed by atoms with Crippen molar-refractivity contribution in [2.75, 3.05) is 32.7 Å². The molecule has 0 unspecified atom stereocenters. The van der Waals surface area contributed by atoms with Crippen LogP contribution in [0.4, 0.5) is 0 Å². The van der Waals surface area contributed by atoms with Gasteiger partial charge in [0, 0.05) is 19.0 Å². The normalized spacial score (nSPS) is 24.6. The lowest BCUT2D eigenvalue weighted by Gasteiger charge is -2.31. The highest BCUT2D eigenvalue weighted by molar-refractivity contribution is 5.04. The van der Waals surface area contributed by atoms with E-state index >= 15 is 0 Å². The largest absolute Gasteiger partial charge is 0.314 e. The summed E-state index contributed by atoms with van der Waals surface area (Å²) in [5, 5.41) is 9.18. The molecule has 3 heterocycles. The summed E-state index contributed by atoms with van der Waals surface area (Å²) in [7, 11) is 0. The first-order chi connectivity index (χ1) is 11.3. The van der Waals surface area contributed by atoms with E-state index in [2.05, 4.69) is 31.5 Å². The van der Waals surface area contributed by atoms with Crippen LogP contribution in [0.5, 0.6) is 0 Å². The van der Waals surface area contributed by atoms with E-state index in [1.165, 1.54) is 82.9 Å². The Morgan fingerprint density at radius 3 is 2.30 bits per heavy atom. The Morgan fingerprint density at radius 1 is 0.913 bits per heavy atom. The average Bonchev–Trinajstić information content (AvgIpc) is 3.09. The molecular formula is C18H31N5. The van der Waals surface area contributed by atoms with Crippen LogP contribution < -0.4 is 0 Å². The van der Waals surface area contributed by atoms with E-state index in [0.717, 1.165) is 19.0 Å². The van der Waals surface area contributed by atoms with E-state index in [1.807, 2.05) is 0 Å². The van der Waals surface area contributed by atoms with Crippen LogP contribution in [0.15, 0.2) is 0 Å². The summed E-state index contributed by atoms with van der Waals surface area (Å²) >= 11 is 0. The Kier molecular flexibility index (Phi) is 4.67. The fourth-order valence-corrected chi connectivity index (χ4v) is 4.29. The van der Waals surface area contributed by atoms with Gasteiger partial charge in [0.25, 0.3) is 0 Å². The first-order valence-electron chi connectivity index (χ1n) is 9.70. The van der Waals surface area contributed by atoms with Gasteiger partial charge in [-0.25, -0.2) is 0 Å². The molecule has 0 N–H and O–H groups in total. The molecule has 0 atom stereocenters. The van der Waals surface area contributed by atoms with Crippen molar-refractivity contribution in [3.63, 3.8) is 0 Å². The molecule has 3 aliphatic rings. The predicted octanol–water partition coefficient (Wildman–Crippen LogP) is 2.48. The third-order valence-corrected chi connectivity index (χ3v) is 5.90. The zero-order valence-corrected chi connectivity index (χ0v) is 14.6. The molecule has 23 heavy (non-hydrogen) atoms. The summed E-state index contributed by atoms with van der Waals surface area (Å²) in [6, 6.07) is 0. The molecule has 1 aromatic heterocycles. The lowest BCUT2D eigenvalue weighted by Crippen LogP contribution is -2.35. The van der Waals surface area contributed by atoms with Crippen molar-refractivity contribution in [3.05, 3.63) is 11.6 Å². The van der Waals surface area contributed by atoms with E-state index < -0.39 is 0 Å². The molecule has 2 saturated heterocycles. The summed E-state index contributed by atoms with van der Waals surface area (Å²) < 4.78 is 2.40. The molecule has 1 saturated carbocycles. The van der Waals surface area contributed by atoms with Crippen molar-refractivity contribution in [2.24, 2.45) is 5.92 Å². The molecule has 3 fully saturated rings. The van der Waals surface area contributed by atoms with E-state index in [4.69, 9.17) is 0 Å². The van der Waals surface area contributed by atoms with Gasteiger partial charge in [0.15, 0.2) is 0 Å². The van der Waals surface area contributed by atoms with Crippen molar-refractivity contribution >= 4 is 0 Å². The van der Waals surface area contributed by atoms with Crippen molar-refractivity contribution in [1.29, 1.82) is 0 Å². The van der Waals surface area contributed by atoms with Gasteiger partial charge in [-0.2, -0.15) is 0 Å². The topological polar surface area (TPSA) is 37.2 Å². The molecular weight excluding hydrogens is 286 g/mol. The maximum Gasteiger partial charge on any atom is 0.147 e. The molecule has 0 radical (unpaired) electrons. The maximum absolute atomic E-state index is 4.62. The van der Waals surface area contributed by atoms with Crippen LogP contribution in [-0.4, -0.2) is 57.3 Å². The summed E-state index contributed by atoms with van der Waals surface area (Å²) in [5.74, 6) is 4.07. The summed E-state index contributed by atoms with van der Waals surface area (Å²) in [4.78, 5) is 5.20. The van der Waals surface area contributed by atoms with Gasteiger partial charge in [0.05, 0.1) is 6.54 Å². The van der Waals surface area contributed by atoms with E-state index in [1.54, 1.807) is 0 Å². The second kappa shape index (κ2) is 6.89. The molecule has 128 valence electrons. The Morgan fingerprint density at radius 2 is 1.65 bits per heavy atom. The quantitative estimate of drug-likeness (QED) is 0.808. The minimum atomic E-state index is 0.616. The highest BCUT2D eigenvalue weighted by Crippen LogP contribution is 2.33. The minimum Gasteiger partial charge on any atom is -0.314 e. The average molecular weight is 317 g/mol. The van der Waals surface area contributed by atoms with Crippen LogP contribution in [0.2, 0.25) is 0 Å². The highest BCUT2D eigenvalue weighted by Gasteiger charge is 2.29. The fraction of sp³-hybridized carbons (Fsp3) is 0.889. The molecule has 1 aromatic rings. The molecule has 0 spiro atoms. The van der Waals surface area contributed by atoms with Crippen LogP contribution >= 0.6 is 0 Å². The van der Waals surface area contributed by atoms with Gasteiger partial charge in [-0.05, 0) is 77.5 Å². The SMILES string of the molecule is CCn1c(CN2CCCC2)nnc1C1CCN(CC2CC2)CC1. The Bertz CT molecular complexity index is 507. The lowest BCUT2D eigenvalue weighted by atomic mass is 9.95. The van der Waals surface area contributed by atoms with Crippen molar-refractivity contribution in [1.82, 2.24) is 24.6 Å². The molecule has 1 aliphatic carbocycles. The van der Waals surface area contributed by atoms with Crippen LogP contribution in [0.25, 0.3) is 0 Å². The summed E-state index contributed by atoms with van der Waals surface area (Å²) in [6.07, 6.45) is 8.12. The minimum absolute atomic E-state index is 0.616. The monoisotopic (exact) mass is 317 g/mol. The van der Waals surface area contributed by atoms with E-state index in [9.17, 15) is 0 Å². The third kappa shape index (κ3) is 3.61. The predicted molar refractivity (Wildman–Crippen MR) is 91.3 cm³/mol. The Labute approximate surface area is 140 Å². The first-order valence-corrected chi connectivity index (χ1v) is 9.70. The molecule has 4 rings (SSSR count). The molecule has 2 aliphatic heterocycles. The molecule has 5 nitrogen and oxygen atoms in total. The van der Waals surface area contributed by atoms with Gasteiger partial charge in [-0.1, -0.05) is 0 Å². The number of rotatable bonds is 6. The summed E-state index contributed by atoms with van der Waals surface area (Å²) in [5.41, 5.74) is 0. The number of nitrogens with zero attached hydrogens (tertiary/aromatic N) is 5. The Hall–Kier alpha value is -0.940. The van der Waals surface area contributed by atoms with Crippen molar-refractivity contribution in [2.45, 2.75) is 64.5 Å². The van der Waals surface area contributed by atoms with Gasteiger partial charge < -0.3 is 9.47 Å². The number of hydrogen-bond donors (Lipinski definition) is 0. The number of hydrogen-bond acceptors (Lipinski definition) is 4. The Balaban J connectivity index is 1.39. The number of likely N-dealkylation sites (tertiary alicyclic amines) is 2. The van der Waals surface area contributed by atoms with E-state index in [0.29, 0.717) is 5.92 Å². The third-order valence-electron chi connectivity index (χ3n) is 5.90. The first kappa shape index (κ1) is 15.6. The summed E-state index contributed by atoms with van der Waals surface area (Å²) in [6.45, 7) is 10.5. The van der Waals surface area contributed by atoms with Gasteiger partial charge in [-0.3, -0.25) is 4.90 Å². The highest BCUT2D eigenvalue weighted by atomic mass is 15.3. The van der Waals surface area contributed by atoms with Gasteiger partial charge in [-0.15, -0.1) is 10.2 Å². The van der Waals surface area contributed by atoms with Crippen molar-refractivity contribution < 1.29 is 0 Å². The number of aromatic nitrogens is 3. The fourth-order valence-electron chi connectivity index (χ4n) is 4.29. The molecule has 0 bridgehead atoms. The van der Waals surface area contributed by atoms with Crippen LogP contribution in [0.1, 0.15) is 63.0 Å². The van der Waals surface area contributed by atoms with E-state index in [-0.39, 0.29) is 0 Å². The van der Waals surface area contributed by atoms with Crippen LogP contribution in [0, 0.1) is 5.92 Å². The van der Waals surface area contributed by atoms with Gasteiger partial charge in [0.2, 0.25) is 0 Å². The van der Waals surface area contributed by atoms with Gasteiger partial charge in [0.1, 0.15) is 11.6 Å². The second-order valence-corrected chi connectivity index (χ2v) is 7.72. The van der Waals surface area contributed by atoms with Crippen LogP contribution in [0.3, 0.4) is 0 Å². The van der Waals surface area contributed by atoms with Crippen molar-refractivity contribution in [3.8, 4) is 0 Å². The molecule has 0 amide bonds. The zero-order valence-electron chi connectivity index (χ0n) is 14.6. The van der Waals surface area contributed by atoms with Crippen LogP contribution in [-0.2, 0) is 13.1 Å². The van der Waals surface area contributed by atoms with Gasteiger partial charge >= 0.3 is 0 Å². The second-order valence-electron chi connectivity index (χ2n) is 7.72. The number of piperidine rings is 1. The molecule has 0 aromatic carbocycles. The lowest BCUT2D eigenvalue weighted by molar-refractivity contribution is 0.200. The smallest absolute Gasteiger partial charge is 0.147 e. The molecule has 5 heteroatoms. The zero-order chi connectivity index (χ0) is 15.6.